The van der Waals surface area contributed by atoms with Crippen LogP contribution in [0.15, 0.2) is 56.8 Å². The molecule has 1 atom stereocenters. The lowest BCUT2D eigenvalue weighted by Gasteiger charge is -2.16. The summed E-state index contributed by atoms with van der Waals surface area (Å²) in [6.07, 6.45) is 4.08. The van der Waals surface area contributed by atoms with Gasteiger partial charge in [0.25, 0.3) is 0 Å². The Morgan fingerprint density at radius 2 is 2.08 bits per heavy atom. The maximum absolute atomic E-state index is 12.1. The summed E-state index contributed by atoms with van der Waals surface area (Å²) in [5.41, 5.74) is 0.682. The van der Waals surface area contributed by atoms with Gasteiger partial charge in [-0.2, -0.15) is 5.10 Å². The van der Waals surface area contributed by atoms with E-state index >= 15 is 0 Å². The van der Waals surface area contributed by atoms with E-state index < -0.39 is 5.63 Å². The molecule has 2 heterocycles. The number of aromatic hydroxyl groups is 1. The number of benzene rings is 1. The van der Waals surface area contributed by atoms with Crippen LogP contribution in [0.3, 0.4) is 0 Å². The third kappa shape index (κ3) is 3.52. The third-order valence-electron chi connectivity index (χ3n) is 3.92. The van der Waals surface area contributed by atoms with Crippen molar-refractivity contribution in [2.24, 2.45) is 5.10 Å². The number of hydrogen-bond acceptors (Lipinski definition) is 5. The fraction of sp³-hybridized carbons (Fsp3) is 0.211. The van der Waals surface area contributed by atoms with E-state index in [1.54, 1.807) is 6.92 Å². The Bertz CT molecular complexity index is 913. The van der Waals surface area contributed by atoms with Gasteiger partial charge in [-0.15, -0.1) is 0 Å². The molecule has 1 aliphatic rings. The summed E-state index contributed by atoms with van der Waals surface area (Å²) in [5, 5.41) is 15.6. The second kappa shape index (κ2) is 6.76. The highest BCUT2D eigenvalue weighted by Crippen LogP contribution is 2.25. The maximum atomic E-state index is 12.1. The Kier molecular flexibility index (Phi) is 4.52. The number of carbonyl (C=O) groups excluding carboxylic acids is 1. The molecule has 0 spiro atoms. The first kappa shape index (κ1) is 16.7. The average Bonchev–Trinajstić information content (AvgIpc) is 2.97. The van der Waals surface area contributed by atoms with Crippen molar-refractivity contribution in [1.29, 1.82) is 0 Å². The highest BCUT2D eigenvalue weighted by atomic mass is 16.4. The minimum Gasteiger partial charge on any atom is -0.507 e. The smallest absolute Gasteiger partial charge is 0.348 e. The van der Waals surface area contributed by atoms with Gasteiger partial charge in [-0.3, -0.25) is 4.79 Å². The summed E-state index contributed by atoms with van der Waals surface area (Å²) in [6, 6.07) is 10.7. The number of hydrogen-bond donors (Lipinski definition) is 1. The van der Waals surface area contributed by atoms with E-state index in [1.807, 2.05) is 42.5 Å². The summed E-state index contributed by atoms with van der Waals surface area (Å²) in [4.78, 5) is 24.0. The molecule has 1 aromatic carbocycles. The average molecular weight is 338 g/mol. The van der Waals surface area contributed by atoms with E-state index in [2.05, 4.69) is 5.10 Å². The number of amides is 1. The van der Waals surface area contributed by atoms with Crippen LogP contribution in [0.5, 0.6) is 5.75 Å². The van der Waals surface area contributed by atoms with Gasteiger partial charge in [-0.1, -0.05) is 42.5 Å². The maximum Gasteiger partial charge on any atom is 0.348 e. The molecule has 0 aliphatic carbocycles. The Hall–Kier alpha value is -3.15. The van der Waals surface area contributed by atoms with Gasteiger partial charge in [-0.25, -0.2) is 9.80 Å². The van der Waals surface area contributed by atoms with Gasteiger partial charge in [-0.05, 0) is 12.5 Å². The van der Waals surface area contributed by atoms with Gasteiger partial charge in [0.2, 0.25) is 5.91 Å². The van der Waals surface area contributed by atoms with Crippen molar-refractivity contribution in [3.63, 3.8) is 0 Å². The minimum absolute atomic E-state index is 0.00691. The van der Waals surface area contributed by atoms with Crippen LogP contribution in [0.4, 0.5) is 0 Å². The number of rotatable bonds is 3. The molecule has 0 radical (unpaired) electrons. The van der Waals surface area contributed by atoms with E-state index in [0.717, 1.165) is 5.56 Å². The van der Waals surface area contributed by atoms with Crippen molar-refractivity contribution in [3.8, 4) is 5.75 Å². The van der Waals surface area contributed by atoms with Crippen LogP contribution < -0.4 is 5.63 Å². The first-order valence-corrected chi connectivity index (χ1v) is 7.90. The van der Waals surface area contributed by atoms with E-state index in [0.29, 0.717) is 17.9 Å². The van der Waals surface area contributed by atoms with Gasteiger partial charge in [0.05, 0.1) is 11.8 Å². The number of hydrazone groups is 1. The second-order valence-corrected chi connectivity index (χ2v) is 5.86. The van der Waals surface area contributed by atoms with Crippen LogP contribution in [-0.4, -0.2) is 27.8 Å². The van der Waals surface area contributed by atoms with Crippen molar-refractivity contribution in [2.45, 2.75) is 26.3 Å². The SMILES string of the molecule is CC(=O)N1N=C(c2c(O)cc(C)oc2=O)CC1/C=C/c1ccccc1. The molecule has 6 nitrogen and oxygen atoms in total. The molecule has 2 aromatic rings. The summed E-state index contributed by atoms with van der Waals surface area (Å²) in [7, 11) is 0. The van der Waals surface area contributed by atoms with Gasteiger partial charge < -0.3 is 9.52 Å². The van der Waals surface area contributed by atoms with Gasteiger partial charge in [0, 0.05) is 19.4 Å². The molecule has 0 saturated carbocycles. The van der Waals surface area contributed by atoms with Crippen molar-refractivity contribution >= 4 is 17.7 Å². The van der Waals surface area contributed by atoms with Crippen LogP contribution >= 0.6 is 0 Å². The molecule has 3 rings (SSSR count). The van der Waals surface area contributed by atoms with Crippen LogP contribution in [0.2, 0.25) is 0 Å². The van der Waals surface area contributed by atoms with Crippen molar-refractivity contribution < 1.29 is 14.3 Å². The summed E-state index contributed by atoms with van der Waals surface area (Å²) in [6.45, 7) is 2.99. The van der Waals surface area contributed by atoms with Gasteiger partial charge in [0.1, 0.15) is 17.1 Å². The fourth-order valence-electron chi connectivity index (χ4n) is 2.78. The quantitative estimate of drug-likeness (QED) is 0.933. The van der Waals surface area contributed by atoms with E-state index in [-0.39, 0.29) is 23.3 Å². The van der Waals surface area contributed by atoms with Crippen LogP contribution in [0.25, 0.3) is 6.08 Å². The molecule has 1 N–H and O–H groups in total. The molecule has 0 fully saturated rings. The Morgan fingerprint density at radius 1 is 1.36 bits per heavy atom. The van der Waals surface area contributed by atoms with Crippen LogP contribution in [-0.2, 0) is 4.79 Å². The summed E-state index contributed by atoms with van der Waals surface area (Å²) >= 11 is 0. The van der Waals surface area contributed by atoms with Gasteiger partial charge >= 0.3 is 5.63 Å². The van der Waals surface area contributed by atoms with Crippen molar-refractivity contribution in [2.75, 3.05) is 0 Å². The number of carbonyl (C=O) groups is 1. The Labute approximate surface area is 144 Å². The first-order chi connectivity index (χ1) is 12.0. The van der Waals surface area contributed by atoms with Crippen molar-refractivity contribution in [1.82, 2.24) is 5.01 Å². The Balaban J connectivity index is 1.92. The number of aryl methyl sites for hydroxylation is 1. The minimum atomic E-state index is -0.660. The van der Waals surface area contributed by atoms with E-state index in [1.165, 1.54) is 18.0 Å². The molecule has 1 amide bonds. The second-order valence-electron chi connectivity index (χ2n) is 5.86. The zero-order chi connectivity index (χ0) is 18.0. The molecule has 25 heavy (non-hydrogen) atoms. The predicted octanol–water partition coefficient (Wildman–Crippen LogP) is 2.69. The molecular weight excluding hydrogens is 320 g/mol. The standard InChI is InChI=1S/C19H18N2O4/c1-12-10-17(23)18(19(24)25-12)16-11-15(21(20-16)13(2)22)9-8-14-6-4-3-5-7-14/h3-10,15,23H,11H2,1-2H3/b9-8+. The van der Waals surface area contributed by atoms with Crippen molar-refractivity contribution in [3.05, 3.63) is 69.8 Å². The third-order valence-corrected chi connectivity index (χ3v) is 3.92. The number of nitrogens with zero attached hydrogens (tertiary/aromatic N) is 2. The zero-order valence-electron chi connectivity index (χ0n) is 14.0. The molecule has 0 saturated heterocycles. The summed E-state index contributed by atoms with van der Waals surface area (Å²) in [5.74, 6) is -0.119. The molecule has 0 bridgehead atoms. The largest absolute Gasteiger partial charge is 0.507 e. The molecule has 1 aromatic heterocycles. The molecule has 1 unspecified atom stereocenters. The van der Waals surface area contributed by atoms with E-state index in [9.17, 15) is 14.7 Å². The highest BCUT2D eigenvalue weighted by Gasteiger charge is 2.31. The Morgan fingerprint density at radius 3 is 2.72 bits per heavy atom. The summed E-state index contributed by atoms with van der Waals surface area (Å²) < 4.78 is 5.04. The molecule has 1 aliphatic heterocycles. The highest BCUT2D eigenvalue weighted by molar-refractivity contribution is 6.04. The van der Waals surface area contributed by atoms with Gasteiger partial charge in [0.15, 0.2) is 0 Å². The molecule has 128 valence electrons. The monoisotopic (exact) mass is 338 g/mol. The topological polar surface area (TPSA) is 83.1 Å². The first-order valence-electron chi connectivity index (χ1n) is 7.90. The normalized spacial score (nSPS) is 17.1. The zero-order valence-corrected chi connectivity index (χ0v) is 14.0. The predicted molar refractivity (Wildman–Crippen MR) is 94.3 cm³/mol. The van der Waals surface area contributed by atoms with Crippen LogP contribution in [0, 0.1) is 6.92 Å². The van der Waals surface area contributed by atoms with Crippen LogP contribution in [0.1, 0.15) is 30.2 Å². The lowest BCUT2D eigenvalue weighted by molar-refractivity contribution is -0.129. The lowest BCUT2D eigenvalue weighted by Crippen LogP contribution is -2.29. The molecule has 6 heteroatoms. The fourth-order valence-corrected chi connectivity index (χ4v) is 2.78. The van der Waals surface area contributed by atoms with E-state index in [4.69, 9.17) is 4.42 Å². The molecular formula is C19H18N2O4. The lowest BCUT2D eigenvalue weighted by atomic mass is 10.0.